The van der Waals surface area contributed by atoms with Gasteiger partial charge in [-0.25, -0.2) is 0 Å². The Hall–Kier alpha value is -1.11. The van der Waals surface area contributed by atoms with Crippen LogP contribution in [0.1, 0.15) is 10.5 Å². The average molecular weight is 261 g/mol. The molecule has 1 atom stereocenters. The van der Waals surface area contributed by atoms with Gasteiger partial charge in [-0.3, -0.25) is 9.48 Å². The number of aryl methyl sites for hydroxylation is 1. The maximum absolute atomic E-state index is 11.6. The summed E-state index contributed by atoms with van der Waals surface area (Å²) in [6.07, 6.45) is -0.604. The minimum absolute atomic E-state index is 0.186. The maximum atomic E-state index is 11.6. The predicted octanol–water partition coefficient (Wildman–Crippen LogP) is -0.274. The quantitative estimate of drug-likeness (QED) is 0.764. The summed E-state index contributed by atoms with van der Waals surface area (Å²) in [7, 11) is 5.35. The van der Waals surface area contributed by atoms with Crippen LogP contribution in [0.25, 0.3) is 0 Å². The number of carbonyl (C=O) groups is 1. The molecule has 0 fully saturated rings. The standard InChI is InChI=1S/C10H17ClN4O2/c1-14(2)6-7(16)5-12-10(17)8-4-9(11)15(3)13-8/h4,7,16H,5-6H2,1-3H3,(H,12,17). The Morgan fingerprint density at radius 3 is 2.82 bits per heavy atom. The SMILES string of the molecule is CN(C)CC(O)CNC(=O)c1cc(Cl)n(C)n1. The molecule has 6 nitrogen and oxygen atoms in total. The van der Waals surface area contributed by atoms with Gasteiger partial charge in [0.2, 0.25) is 0 Å². The zero-order valence-electron chi connectivity index (χ0n) is 10.1. The van der Waals surface area contributed by atoms with Gasteiger partial charge in [0.15, 0.2) is 5.69 Å². The van der Waals surface area contributed by atoms with E-state index in [0.29, 0.717) is 11.7 Å². The fourth-order valence-electron chi connectivity index (χ4n) is 1.34. The lowest BCUT2D eigenvalue weighted by atomic mass is 10.3. The Bertz CT molecular complexity index is 372. The molecule has 1 aromatic rings. The number of carbonyl (C=O) groups excluding carboxylic acids is 1. The van der Waals surface area contributed by atoms with Crippen LogP contribution in [-0.4, -0.2) is 59.0 Å². The van der Waals surface area contributed by atoms with E-state index >= 15 is 0 Å². The number of nitrogens with zero attached hydrogens (tertiary/aromatic N) is 3. The van der Waals surface area contributed by atoms with Gasteiger partial charge in [0.1, 0.15) is 5.15 Å². The van der Waals surface area contributed by atoms with Crippen LogP contribution >= 0.6 is 11.6 Å². The summed E-state index contributed by atoms with van der Waals surface area (Å²) in [4.78, 5) is 13.5. The normalized spacial score (nSPS) is 12.8. The van der Waals surface area contributed by atoms with Crippen LogP contribution in [0, 0.1) is 0 Å². The molecule has 0 aliphatic carbocycles. The van der Waals surface area contributed by atoms with Crippen molar-refractivity contribution in [1.82, 2.24) is 20.0 Å². The first-order chi connectivity index (χ1) is 7.90. The van der Waals surface area contributed by atoms with Crippen molar-refractivity contribution >= 4 is 17.5 Å². The molecule has 1 unspecified atom stereocenters. The highest BCUT2D eigenvalue weighted by atomic mass is 35.5. The molecule has 0 aromatic carbocycles. The molecule has 0 aliphatic heterocycles. The molecular weight excluding hydrogens is 244 g/mol. The van der Waals surface area contributed by atoms with Crippen molar-refractivity contribution in [3.63, 3.8) is 0 Å². The van der Waals surface area contributed by atoms with Gasteiger partial charge in [-0.05, 0) is 14.1 Å². The molecule has 0 radical (unpaired) electrons. The van der Waals surface area contributed by atoms with Crippen molar-refractivity contribution in [3.8, 4) is 0 Å². The number of nitrogens with one attached hydrogen (secondary N) is 1. The first-order valence-electron chi connectivity index (χ1n) is 5.20. The molecule has 17 heavy (non-hydrogen) atoms. The van der Waals surface area contributed by atoms with Gasteiger partial charge in [-0.15, -0.1) is 0 Å². The third-order valence-corrected chi connectivity index (χ3v) is 2.48. The van der Waals surface area contributed by atoms with Gasteiger partial charge >= 0.3 is 0 Å². The smallest absolute Gasteiger partial charge is 0.271 e. The van der Waals surface area contributed by atoms with Crippen LogP contribution in [0.2, 0.25) is 5.15 Å². The number of hydrogen-bond donors (Lipinski definition) is 2. The zero-order valence-corrected chi connectivity index (χ0v) is 10.9. The molecule has 96 valence electrons. The molecule has 1 amide bonds. The van der Waals surface area contributed by atoms with Gasteiger partial charge in [-0.1, -0.05) is 11.6 Å². The minimum atomic E-state index is -0.604. The second kappa shape index (κ2) is 6.00. The second-order valence-corrected chi connectivity index (χ2v) is 4.49. The van der Waals surface area contributed by atoms with E-state index in [0.717, 1.165) is 0 Å². The maximum Gasteiger partial charge on any atom is 0.271 e. The number of rotatable bonds is 5. The molecule has 7 heteroatoms. The predicted molar refractivity (Wildman–Crippen MR) is 65.1 cm³/mol. The van der Waals surface area contributed by atoms with Crippen LogP contribution in [0.3, 0.4) is 0 Å². The largest absolute Gasteiger partial charge is 0.390 e. The molecule has 0 aliphatic rings. The number of amides is 1. The summed E-state index contributed by atoms with van der Waals surface area (Å²) in [5.74, 6) is -0.342. The highest BCUT2D eigenvalue weighted by molar-refractivity contribution is 6.29. The Labute approximate surface area is 105 Å². The summed E-state index contributed by atoms with van der Waals surface area (Å²) >= 11 is 5.77. The molecule has 1 rings (SSSR count). The number of halogens is 1. The number of aromatic nitrogens is 2. The third kappa shape index (κ3) is 4.33. The van der Waals surface area contributed by atoms with Crippen LogP contribution in [0.4, 0.5) is 0 Å². The van der Waals surface area contributed by atoms with Gasteiger partial charge < -0.3 is 15.3 Å². The molecule has 2 N–H and O–H groups in total. The van der Waals surface area contributed by atoms with Crippen LogP contribution < -0.4 is 5.32 Å². The molecule has 0 bridgehead atoms. The average Bonchev–Trinajstić information content (AvgIpc) is 2.55. The van der Waals surface area contributed by atoms with Crippen molar-refractivity contribution in [3.05, 3.63) is 16.9 Å². The monoisotopic (exact) mass is 260 g/mol. The van der Waals surface area contributed by atoms with Crippen LogP contribution in [0.5, 0.6) is 0 Å². The van der Waals surface area contributed by atoms with Gasteiger partial charge in [0, 0.05) is 26.2 Å². The Morgan fingerprint density at radius 1 is 1.71 bits per heavy atom. The zero-order chi connectivity index (χ0) is 13.0. The van der Waals surface area contributed by atoms with E-state index in [1.807, 2.05) is 19.0 Å². The topological polar surface area (TPSA) is 70.4 Å². The highest BCUT2D eigenvalue weighted by Crippen LogP contribution is 2.08. The van der Waals surface area contributed by atoms with Crippen molar-refractivity contribution in [1.29, 1.82) is 0 Å². The molecule has 0 spiro atoms. The van der Waals surface area contributed by atoms with E-state index in [1.54, 1.807) is 7.05 Å². The first kappa shape index (κ1) is 14.0. The lowest BCUT2D eigenvalue weighted by molar-refractivity contribution is 0.0887. The Kier molecular flexibility index (Phi) is 4.92. The highest BCUT2D eigenvalue weighted by Gasteiger charge is 2.13. The molecule has 1 aromatic heterocycles. The third-order valence-electron chi connectivity index (χ3n) is 2.13. The van der Waals surface area contributed by atoms with E-state index in [4.69, 9.17) is 11.6 Å². The molecule has 0 saturated carbocycles. The summed E-state index contributed by atoms with van der Waals surface area (Å²) in [6, 6.07) is 1.48. The fraction of sp³-hybridized carbons (Fsp3) is 0.600. The van der Waals surface area contributed by atoms with Crippen molar-refractivity contribution in [2.75, 3.05) is 27.2 Å². The number of likely N-dealkylation sites (N-methyl/N-ethyl adjacent to an activating group) is 1. The van der Waals surface area contributed by atoms with Crippen molar-refractivity contribution in [2.24, 2.45) is 7.05 Å². The van der Waals surface area contributed by atoms with Crippen LogP contribution in [-0.2, 0) is 7.05 Å². The van der Waals surface area contributed by atoms with Crippen molar-refractivity contribution in [2.45, 2.75) is 6.10 Å². The van der Waals surface area contributed by atoms with E-state index in [-0.39, 0.29) is 18.1 Å². The van der Waals surface area contributed by atoms with Crippen LogP contribution in [0.15, 0.2) is 6.07 Å². The summed E-state index contributed by atoms with van der Waals surface area (Å²) in [5.41, 5.74) is 0.245. The van der Waals surface area contributed by atoms with E-state index in [9.17, 15) is 9.90 Å². The Balaban J connectivity index is 2.45. The fourth-order valence-corrected chi connectivity index (χ4v) is 1.48. The molecular formula is C10H17ClN4O2. The number of aliphatic hydroxyl groups excluding tert-OH is 1. The molecule has 0 saturated heterocycles. The van der Waals surface area contributed by atoms with Gasteiger partial charge in [0.05, 0.1) is 6.10 Å². The summed E-state index contributed by atoms with van der Waals surface area (Å²) < 4.78 is 1.41. The van der Waals surface area contributed by atoms with Gasteiger partial charge in [-0.2, -0.15) is 5.10 Å². The lowest BCUT2D eigenvalue weighted by Crippen LogP contribution is -2.37. The first-order valence-corrected chi connectivity index (χ1v) is 5.58. The van der Waals surface area contributed by atoms with E-state index in [2.05, 4.69) is 10.4 Å². The number of hydrogen-bond acceptors (Lipinski definition) is 4. The second-order valence-electron chi connectivity index (χ2n) is 4.10. The summed E-state index contributed by atoms with van der Waals surface area (Å²) in [5, 5.41) is 16.5. The minimum Gasteiger partial charge on any atom is -0.390 e. The van der Waals surface area contributed by atoms with Gasteiger partial charge in [0.25, 0.3) is 5.91 Å². The summed E-state index contributed by atoms with van der Waals surface area (Å²) in [6.45, 7) is 0.675. The lowest BCUT2D eigenvalue weighted by Gasteiger charge is -2.15. The van der Waals surface area contributed by atoms with E-state index in [1.165, 1.54) is 10.7 Å². The Morgan fingerprint density at radius 2 is 2.35 bits per heavy atom. The van der Waals surface area contributed by atoms with Crippen molar-refractivity contribution < 1.29 is 9.90 Å². The number of aliphatic hydroxyl groups is 1. The van der Waals surface area contributed by atoms with E-state index < -0.39 is 6.10 Å². The molecule has 1 heterocycles.